The molecule has 1 fully saturated rings. The second-order valence-corrected chi connectivity index (χ2v) is 7.02. The molecule has 0 amide bonds. The summed E-state index contributed by atoms with van der Waals surface area (Å²) < 4.78 is 1.95. The van der Waals surface area contributed by atoms with Gasteiger partial charge in [0.15, 0.2) is 5.78 Å². The van der Waals surface area contributed by atoms with Crippen LogP contribution in [0.5, 0.6) is 0 Å². The van der Waals surface area contributed by atoms with E-state index in [0.717, 1.165) is 24.1 Å². The van der Waals surface area contributed by atoms with Gasteiger partial charge in [0.25, 0.3) is 0 Å². The maximum absolute atomic E-state index is 12.0. The van der Waals surface area contributed by atoms with Crippen LogP contribution >= 0.6 is 11.6 Å². The highest BCUT2D eigenvalue weighted by Gasteiger charge is 2.24. The molecule has 1 saturated carbocycles. The van der Waals surface area contributed by atoms with Crippen molar-refractivity contribution in [3.8, 4) is 17.3 Å². The van der Waals surface area contributed by atoms with Crippen LogP contribution in [-0.4, -0.2) is 25.5 Å². The third kappa shape index (κ3) is 4.02. The fourth-order valence-corrected chi connectivity index (χ4v) is 3.03. The van der Waals surface area contributed by atoms with Crippen LogP contribution in [0.1, 0.15) is 42.1 Å². The van der Waals surface area contributed by atoms with Crippen molar-refractivity contribution in [2.45, 2.75) is 31.7 Å². The van der Waals surface area contributed by atoms with E-state index >= 15 is 0 Å². The number of benzene rings is 1. The first-order valence-corrected chi connectivity index (χ1v) is 9.36. The highest BCUT2D eigenvalue weighted by Crippen LogP contribution is 2.35. The number of anilines is 2. The number of carbonyl (C=O) groups is 1. The topological polar surface area (TPSA) is 96.5 Å². The summed E-state index contributed by atoms with van der Waals surface area (Å²) in [6, 6.07) is 9.52. The zero-order valence-corrected chi connectivity index (χ0v) is 15.7. The van der Waals surface area contributed by atoms with E-state index in [-0.39, 0.29) is 18.6 Å². The number of hydrogen-bond acceptors (Lipinski definition) is 6. The predicted octanol–water partition coefficient (Wildman–Crippen LogP) is 4.56. The minimum Gasteiger partial charge on any atom is -0.321 e. The van der Waals surface area contributed by atoms with Gasteiger partial charge in [0, 0.05) is 30.2 Å². The predicted molar refractivity (Wildman–Crippen MR) is 105 cm³/mol. The average Bonchev–Trinajstić information content (AvgIpc) is 3.47. The van der Waals surface area contributed by atoms with Crippen molar-refractivity contribution >= 4 is 29.0 Å². The molecule has 28 heavy (non-hydrogen) atoms. The lowest BCUT2D eigenvalue weighted by atomic mass is 10.0. The van der Waals surface area contributed by atoms with Crippen LogP contribution in [0, 0.1) is 11.3 Å². The number of halogens is 1. The summed E-state index contributed by atoms with van der Waals surface area (Å²) in [6.45, 7) is 0. The lowest BCUT2D eigenvalue weighted by molar-refractivity contribution is 0.0984. The monoisotopic (exact) mass is 392 g/mol. The number of rotatable bonds is 7. The Balaban J connectivity index is 1.53. The molecule has 0 saturated heterocycles. The Kier molecular flexibility index (Phi) is 5.04. The number of ketones is 1. The number of nitrogens with zero attached hydrogens (tertiary/aromatic N) is 5. The highest BCUT2D eigenvalue weighted by molar-refractivity contribution is 6.32. The molecule has 0 spiro atoms. The van der Waals surface area contributed by atoms with Crippen LogP contribution in [0.25, 0.3) is 11.3 Å². The average molecular weight is 393 g/mol. The van der Waals surface area contributed by atoms with E-state index in [1.807, 2.05) is 16.9 Å². The maximum Gasteiger partial charge on any atom is 0.227 e. The molecule has 0 atom stereocenters. The third-order valence-electron chi connectivity index (χ3n) is 4.47. The molecule has 2 heterocycles. The van der Waals surface area contributed by atoms with Crippen molar-refractivity contribution in [1.29, 1.82) is 5.26 Å². The first kappa shape index (κ1) is 18.1. The van der Waals surface area contributed by atoms with Crippen molar-refractivity contribution in [1.82, 2.24) is 19.7 Å². The van der Waals surface area contributed by atoms with Gasteiger partial charge in [-0.3, -0.25) is 9.48 Å². The normalized spacial score (nSPS) is 13.1. The maximum atomic E-state index is 12.0. The number of nitrogens with one attached hydrogen (secondary N) is 1. The van der Waals surface area contributed by atoms with E-state index in [2.05, 4.69) is 20.4 Å². The molecule has 1 aliphatic rings. The molecule has 2 aromatic heterocycles. The molecule has 7 nitrogen and oxygen atoms in total. The summed E-state index contributed by atoms with van der Waals surface area (Å²) in [4.78, 5) is 20.8. The smallest absolute Gasteiger partial charge is 0.227 e. The van der Waals surface area contributed by atoms with Crippen LogP contribution < -0.4 is 5.32 Å². The summed E-state index contributed by atoms with van der Waals surface area (Å²) in [5.41, 5.74) is 2.74. The van der Waals surface area contributed by atoms with Crippen molar-refractivity contribution in [2.75, 3.05) is 5.32 Å². The Labute approximate surface area is 167 Å². The van der Waals surface area contributed by atoms with Crippen LogP contribution in [0.15, 0.2) is 42.9 Å². The SMILES string of the molecule is N#CCCC(=O)c1ccc(-c2nc(Nc3cnn(C4CC4)c3)ncc2Cl)cc1. The Hall–Kier alpha value is -3.24. The lowest BCUT2D eigenvalue weighted by Gasteiger charge is -2.08. The molecule has 1 aliphatic carbocycles. The van der Waals surface area contributed by atoms with Gasteiger partial charge in [0.1, 0.15) is 0 Å². The van der Waals surface area contributed by atoms with Gasteiger partial charge in [0.2, 0.25) is 5.95 Å². The summed E-state index contributed by atoms with van der Waals surface area (Å²) in [7, 11) is 0. The van der Waals surface area contributed by atoms with Gasteiger partial charge < -0.3 is 5.32 Å². The Morgan fingerprint density at radius 3 is 2.79 bits per heavy atom. The van der Waals surface area contributed by atoms with Gasteiger partial charge >= 0.3 is 0 Å². The molecule has 0 radical (unpaired) electrons. The highest BCUT2D eigenvalue weighted by atomic mass is 35.5. The summed E-state index contributed by atoms with van der Waals surface area (Å²) in [5, 5.41) is 16.5. The van der Waals surface area contributed by atoms with E-state index < -0.39 is 0 Å². The number of Topliss-reactive ketones (excluding diaryl/α,β-unsaturated/α-hetero) is 1. The quantitative estimate of drug-likeness (QED) is 0.592. The molecule has 0 bridgehead atoms. The van der Waals surface area contributed by atoms with Gasteiger partial charge in [0.05, 0.1) is 40.9 Å². The fraction of sp³-hybridized carbons (Fsp3) is 0.250. The summed E-state index contributed by atoms with van der Waals surface area (Å²) in [6.07, 6.45) is 7.99. The second kappa shape index (κ2) is 7.79. The van der Waals surface area contributed by atoms with Gasteiger partial charge in [-0.15, -0.1) is 0 Å². The molecule has 0 aliphatic heterocycles. The first-order chi connectivity index (χ1) is 13.6. The molecule has 1 aromatic carbocycles. The molecule has 4 rings (SSSR count). The first-order valence-electron chi connectivity index (χ1n) is 8.98. The Bertz CT molecular complexity index is 1050. The summed E-state index contributed by atoms with van der Waals surface area (Å²) >= 11 is 6.29. The largest absolute Gasteiger partial charge is 0.321 e. The van der Waals surface area contributed by atoms with Gasteiger partial charge in [-0.1, -0.05) is 35.9 Å². The molecular weight excluding hydrogens is 376 g/mol. The van der Waals surface area contributed by atoms with E-state index in [4.69, 9.17) is 16.9 Å². The number of nitriles is 1. The van der Waals surface area contributed by atoms with Crippen molar-refractivity contribution in [3.63, 3.8) is 0 Å². The number of carbonyl (C=O) groups excluding carboxylic acids is 1. The van der Waals surface area contributed by atoms with E-state index in [0.29, 0.717) is 28.3 Å². The van der Waals surface area contributed by atoms with Gasteiger partial charge in [-0.25, -0.2) is 9.97 Å². The number of hydrogen-bond donors (Lipinski definition) is 1. The lowest BCUT2D eigenvalue weighted by Crippen LogP contribution is -2.00. The van der Waals surface area contributed by atoms with Crippen molar-refractivity contribution in [2.24, 2.45) is 0 Å². The van der Waals surface area contributed by atoms with Crippen LogP contribution in [-0.2, 0) is 0 Å². The van der Waals surface area contributed by atoms with Crippen molar-refractivity contribution in [3.05, 3.63) is 53.4 Å². The fourth-order valence-electron chi connectivity index (χ4n) is 2.83. The molecule has 8 heteroatoms. The van der Waals surface area contributed by atoms with Crippen LogP contribution in [0.3, 0.4) is 0 Å². The van der Waals surface area contributed by atoms with E-state index in [1.54, 1.807) is 36.7 Å². The summed E-state index contributed by atoms with van der Waals surface area (Å²) in [5.74, 6) is 0.362. The van der Waals surface area contributed by atoms with Crippen LogP contribution in [0.2, 0.25) is 5.02 Å². The second-order valence-electron chi connectivity index (χ2n) is 6.61. The minimum atomic E-state index is -0.0584. The molecule has 3 aromatic rings. The van der Waals surface area contributed by atoms with E-state index in [1.165, 1.54) is 0 Å². The van der Waals surface area contributed by atoms with Gasteiger partial charge in [-0.2, -0.15) is 10.4 Å². The molecule has 1 N–H and O–H groups in total. The zero-order valence-electron chi connectivity index (χ0n) is 15.0. The van der Waals surface area contributed by atoms with Crippen molar-refractivity contribution < 1.29 is 4.79 Å². The zero-order chi connectivity index (χ0) is 19.5. The Morgan fingerprint density at radius 2 is 2.07 bits per heavy atom. The number of aromatic nitrogens is 4. The van der Waals surface area contributed by atoms with Crippen LogP contribution in [0.4, 0.5) is 11.6 Å². The standard InChI is InChI=1S/C20H17ClN6O/c21-17-11-23-20(25-15-10-24-27(12-15)16-7-8-16)26-19(17)14-5-3-13(4-6-14)18(28)2-1-9-22/h3-6,10-12,16H,1-2,7-8H2,(H,23,25,26). The molecular formula is C20H17ClN6O. The molecule has 0 unspecified atom stereocenters. The van der Waals surface area contributed by atoms with Gasteiger partial charge in [-0.05, 0) is 12.8 Å². The third-order valence-corrected chi connectivity index (χ3v) is 4.74. The Morgan fingerprint density at radius 1 is 1.29 bits per heavy atom. The minimum absolute atomic E-state index is 0.0584. The van der Waals surface area contributed by atoms with E-state index in [9.17, 15) is 4.79 Å². The molecule has 140 valence electrons.